The summed E-state index contributed by atoms with van der Waals surface area (Å²) in [5.41, 5.74) is 5.60. The number of sulfonamides is 1. The maximum absolute atomic E-state index is 12.4. The lowest BCUT2D eigenvalue weighted by Crippen LogP contribution is -2.27. The number of hydrogen-bond acceptors (Lipinski definition) is 7. The predicted octanol–water partition coefficient (Wildman–Crippen LogP) is 1.52. The van der Waals surface area contributed by atoms with E-state index in [-0.39, 0.29) is 23.2 Å². The van der Waals surface area contributed by atoms with Gasteiger partial charge in [0.1, 0.15) is 0 Å². The summed E-state index contributed by atoms with van der Waals surface area (Å²) in [7, 11) is -2.46. The van der Waals surface area contributed by atoms with Crippen molar-refractivity contribution in [3.8, 4) is 5.75 Å². The number of hydrogen-bond donors (Lipinski definition) is 3. The summed E-state index contributed by atoms with van der Waals surface area (Å²) in [6, 6.07) is 5.58. The smallest absolute Gasteiger partial charge is 0.264 e. The Morgan fingerprint density at radius 3 is 2.31 bits per heavy atom. The van der Waals surface area contributed by atoms with Crippen LogP contribution in [0.4, 0.5) is 11.6 Å². The topological polar surface area (TPSA) is 153 Å². The quantitative estimate of drug-likeness (QED) is 0.525. The molecule has 4 N–H and O–H groups in total. The Labute approximate surface area is 168 Å². The molecule has 0 saturated heterocycles. The second kappa shape index (κ2) is 9.82. The maximum atomic E-state index is 12.4. The van der Waals surface area contributed by atoms with Gasteiger partial charge in [-0.1, -0.05) is 13.3 Å². The van der Waals surface area contributed by atoms with E-state index in [0.717, 1.165) is 6.42 Å². The van der Waals surface area contributed by atoms with Crippen molar-refractivity contribution in [1.29, 1.82) is 0 Å². The minimum atomic E-state index is -3.91. The summed E-state index contributed by atoms with van der Waals surface area (Å²) in [6.45, 7) is 1.90. The number of benzene rings is 1. The lowest BCUT2D eigenvalue weighted by Gasteiger charge is -2.15. The highest BCUT2D eigenvalue weighted by Gasteiger charge is 2.21. The van der Waals surface area contributed by atoms with E-state index in [1.807, 2.05) is 6.92 Å². The molecule has 156 valence electrons. The number of nitrogens with one attached hydrogen (secondary N) is 2. The number of primary amides is 1. The third kappa shape index (κ3) is 6.42. The molecule has 1 atom stereocenters. The van der Waals surface area contributed by atoms with Gasteiger partial charge >= 0.3 is 0 Å². The first-order valence-corrected chi connectivity index (χ1v) is 10.3. The normalized spacial score (nSPS) is 12.1. The van der Waals surface area contributed by atoms with E-state index in [9.17, 15) is 18.0 Å². The minimum absolute atomic E-state index is 0.0304. The third-order valence-electron chi connectivity index (χ3n) is 3.98. The minimum Gasteiger partial charge on any atom is -0.494 e. The van der Waals surface area contributed by atoms with E-state index >= 15 is 0 Å². The molecule has 11 heteroatoms. The zero-order valence-corrected chi connectivity index (χ0v) is 16.9. The fourth-order valence-electron chi connectivity index (χ4n) is 2.53. The standard InChI is InChI=1S/C18H23N5O5S/c1-3-4-12(9-16(19)24)17(25)22-13-5-7-15(8-6-13)29(26,27)23-18-20-10-14(28-2)11-21-18/h5-8,10-12H,3-4,9H2,1-2H3,(H2,19,24)(H,22,25)(H,20,21,23). The van der Waals surface area contributed by atoms with E-state index in [0.29, 0.717) is 17.9 Å². The fourth-order valence-corrected chi connectivity index (χ4v) is 3.49. The number of rotatable bonds is 10. The third-order valence-corrected chi connectivity index (χ3v) is 5.32. The maximum Gasteiger partial charge on any atom is 0.264 e. The molecule has 0 aliphatic heterocycles. The van der Waals surface area contributed by atoms with E-state index in [4.69, 9.17) is 10.5 Å². The van der Waals surface area contributed by atoms with Crippen LogP contribution in [-0.2, 0) is 19.6 Å². The summed E-state index contributed by atoms with van der Waals surface area (Å²) in [5.74, 6) is -1.13. The second-order valence-corrected chi connectivity index (χ2v) is 7.90. The number of carbonyl (C=O) groups is 2. The van der Waals surface area contributed by atoms with Gasteiger partial charge in [0.15, 0.2) is 5.75 Å². The summed E-state index contributed by atoms with van der Waals surface area (Å²) in [4.78, 5) is 31.2. The number of carbonyl (C=O) groups excluding carboxylic acids is 2. The molecule has 1 aromatic heterocycles. The molecule has 2 amide bonds. The molecular weight excluding hydrogens is 398 g/mol. The van der Waals surface area contributed by atoms with E-state index < -0.39 is 21.8 Å². The van der Waals surface area contributed by atoms with Crippen molar-refractivity contribution >= 4 is 33.5 Å². The molecule has 2 rings (SSSR count). The fraction of sp³-hybridized carbons (Fsp3) is 0.333. The van der Waals surface area contributed by atoms with Crippen LogP contribution < -0.4 is 20.5 Å². The molecular formula is C18H23N5O5S. The van der Waals surface area contributed by atoms with Crippen molar-refractivity contribution < 1.29 is 22.7 Å². The van der Waals surface area contributed by atoms with E-state index in [1.54, 1.807) is 0 Å². The van der Waals surface area contributed by atoms with Crippen molar-refractivity contribution in [3.05, 3.63) is 36.7 Å². The summed E-state index contributed by atoms with van der Waals surface area (Å²) in [5, 5.41) is 2.67. The number of aromatic nitrogens is 2. The van der Waals surface area contributed by atoms with Gasteiger partial charge in [-0.05, 0) is 30.7 Å². The number of nitrogens with two attached hydrogens (primary N) is 1. The van der Waals surface area contributed by atoms with Crippen LogP contribution in [0.1, 0.15) is 26.2 Å². The zero-order valence-electron chi connectivity index (χ0n) is 16.1. The Bertz CT molecular complexity index is 946. The van der Waals surface area contributed by atoms with Gasteiger partial charge in [-0.2, -0.15) is 0 Å². The molecule has 0 aliphatic carbocycles. The van der Waals surface area contributed by atoms with Crippen LogP contribution in [0, 0.1) is 5.92 Å². The average Bonchev–Trinajstić information content (AvgIpc) is 2.68. The van der Waals surface area contributed by atoms with Gasteiger partial charge in [0.2, 0.25) is 17.8 Å². The number of nitrogens with zero attached hydrogens (tertiary/aromatic N) is 2. The van der Waals surface area contributed by atoms with Crippen LogP contribution in [0.5, 0.6) is 5.75 Å². The predicted molar refractivity (Wildman–Crippen MR) is 107 cm³/mol. The molecule has 1 heterocycles. The molecule has 1 aromatic carbocycles. The summed E-state index contributed by atoms with van der Waals surface area (Å²) < 4.78 is 32.1. The van der Waals surface area contributed by atoms with Crippen LogP contribution in [0.25, 0.3) is 0 Å². The number of ether oxygens (including phenoxy) is 1. The van der Waals surface area contributed by atoms with Crippen LogP contribution in [0.3, 0.4) is 0 Å². The largest absolute Gasteiger partial charge is 0.494 e. The molecule has 2 aromatic rings. The summed E-state index contributed by atoms with van der Waals surface area (Å²) >= 11 is 0. The highest BCUT2D eigenvalue weighted by atomic mass is 32.2. The Morgan fingerprint density at radius 1 is 1.17 bits per heavy atom. The first-order valence-electron chi connectivity index (χ1n) is 8.83. The van der Waals surface area contributed by atoms with Gasteiger partial charge in [-0.3, -0.25) is 9.59 Å². The van der Waals surface area contributed by atoms with Crippen LogP contribution in [0.15, 0.2) is 41.6 Å². The molecule has 10 nitrogen and oxygen atoms in total. The van der Waals surface area contributed by atoms with Gasteiger partial charge in [-0.15, -0.1) is 0 Å². The number of anilines is 2. The second-order valence-electron chi connectivity index (χ2n) is 6.22. The van der Waals surface area contributed by atoms with Crippen molar-refractivity contribution in [3.63, 3.8) is 0 Å². The van der Waals surface area contributed by atoms with Crippen LogP contribution in [0.2, 0.25) is 0 Å². The Balaban J connectivity index is 2.07. The Morgan fingerprint density at radius 2 is 1.79 bits per heavy atom. The molecule has 0 fully saturated rings. The monoisotopic (exact) mass is 421 g/mol. The first-order chi connectivity index (χ1) is 13.7. The Hall–Kier alpha value is -3.21. The lowest BCUT2D eigenvalue weighted by molar-refractivity contribution is -0.126. The van der Waals surface area contributed by atoms with Crippen molar-refractivity contribution in [2.45, 2.75) is 31.1 Å². The van der Waals surface area contributed by atoms with Crippen molar-refractivity contribution in [2.75, 3.05) is 17.1 Å². The average molecular weight is 421 g/mol. The molecule has 0 radical (unpaired) electrons. The van der Waals surface area contributed by atoms with Crippen LogP contribution >= 0.6 is 0 Å². The first kappa shape index (κ1) is 22.1. The van der Waals surface area contributed by atoms with E-state index in [1.165, 1.54) is 43.8 Å². The van der Waals surface area contributed by atoms with Gasteiger partial charge < -0.3 is 15.8 Å². The molecule has 0 spiro atoms. The molecule has 0 saturated carbocycles. The van der Waals surface area contributed by atoms with Gasteiger partial charge in [0.25, 0.3) is 10.0 Å². The summed E-state index contributed by atoms with van der Waals surface area (Å²) in [6.07, 6.45) is 3.87. The molecule has 1 unspecified atom stereocenters. The zero-order chi connectivity index (χ0) is 21.4. The van der Waals surface area contributed by atoms with Crippen LogP contribution in [-0.4, -0.2) is 37.3 Å². The van der Waals surface area contributed by atoms with Gasteiger partial charge in [-0.25, -0.2) is 23.1 Å². The number of methoxy groups -OCH3 is 1. The molecule has 0 bridgehead atoms. The lowest BCUT2D eigenvalue weighted by atomic mass is 9.98. The van der Waals surface area contributed by atoms with Gasteiger partial charge in [0.05, 0.1) is 24.4 Å². The van der Waals surface area contributed by atoms with E-state index in [2.05, 4.69) is 20.0 Å². The molecule has 29 heavy (non-hydrogen) atoms. The van der Waals surface area contributed by atoms with Gasteiger partial charge in [0, 0.05) is 18.0 Å². The highest BCUT2D eigenvalue weighted by molar-refractivity contribution is 7.92. The SMILES string of the molecule is CCCC(CC(N)=O)C(=O)Nc1ccc(S(=O)(=O)Nc2ncc(OC)cn2)cc1. The number of amides is 2. The van der Waals surface area contributed by atoms with Crippen molar-refractivity contribution in [2.24, 2.45) is 11.7 Å². The molecule has 0 aliphatic rings. The highest BCUT2D eigenvalue weighted by Crippen LogP contribution is 2.19. The van der Waals surface area contributed by atoms with Crippen molar-refractivity contribution in [1.82, 2.24) is 9.97 Å². The Kier molecular flexibility index (Phi) is 7.48.